The van der Waals surface area contributed by atoms with Crippen LogP contribution in [0.15, 0.2) is 48.8 Å². The first kappa shape index (κ1) is 15.0. The van der Waals surface area contributed by atoms with Crippen molar-refractivity contribution in [1.29, 1.82) is 5.26 Å². The van der Waals surface area contributed by atoms with Crippen molar-refractivity contribution >= 4 is 6.03 Å². The topological polar surface area (TPSA) is 69.0 Å². The number of hydrogen-bond acceptors (Lipinski definition) is 3. The predicted octanol–water partition coefficient (Wildman–Crippen LogP) is 3.00. The van der Waals surface area contributed by atoms with Crippen LogP contribution in [0.3, 0.4) is 0 Å². The number of carbonyl (C=O) groups excluding carboxylic acids is 1. The molecule has 1 aliphatic rings. The summed E-state index contributed by atoms with van der Waals surface area (Å²) in [5, 5.41) is 11.9. The van der Waals surface area contributed by atoms with E-state index in [0.29, 0.717) is 12.1 Å². The molecule has 1 aromatic carbocycles. The maximum atomic E-state index is 12.5. The standard InChI is InChI=1S/C18H18N4O/c19-12-14-3-1-4-15(11-14)13-21-18(23)22-10-2-5-17(22)16-6-8-20-9-7-16/h1,3-4,6-9,11,17H,2,5,10,13H2,(H,21,23). The molecule has 1 N–H and O–H groups in total. The zero-order chi connectivity index (χ0) is 16.1. The molecule has 0 bridgehead atoms. The average molecular weight is 306 g/mol. The maximum absolute atomic E-state index is 12.5. The van der Waals surface area contributed by atoms with Crippen LogP contribution in [0.5, 0.6) is 0 Å². The normalized spacial score (nSPS) is 16.8. The van der Waals surface area contributed by atoms with Gasteiger partial charge >= 0.3 is 6.03 Å². The molecule has 0 spiro atoms. The van der Waals surface area contributed by atoms with E-state index in [9.17, 15) is 4.79 Å². The Morgan fingerprint density at radius 3 is 2.96 bits per heavy atom. The smallest absolute Gasteiger partial charge is 0.318 e. The van der Waals surface area contributed by atoms with Gasteiger partial charge in [0.2, 0.25) is 0 Å². The van der Waals surface area contributed by atoms with Gasteiger partial charge in [0.1, 0.15) is 0 Å². The van der Waals surface area contributed by atoms with Gasteiger partial charge in [0.25, 0.3) is 0 Å². The largest absolute Gasteiger partial charge is 0.334 e. The molecule has 5 nitrogen and oxygen atoms in total. The number of hydrogen-bond donors (Lipinski definition) is 1. The number of rotatable bonds is 3. The van der Waals surface area contributed by atoms with Crippen molar-refractivity contribution in [3.05, 3.63) is 65.5 Å². The molecule has 0 radical (unpaired) electrons. The molecule has 1 aliphatic heterocycles. The van der Waals surface area contributed by atoms with Crippen molar-refractivity contribution < 1.29 is 4.79 Å². The highest BCUT2D eigenvalue weighted by atomic mass is 16.2. The van der Waals surface area contributed by atoms with Crippen molar-refractivity contribution in [1.82, 2.24) is 15.2 Å². The molecular weight excluding hydrogens is 288 g/mol. The fourth-order valence-corrected chi connectivity index (χ4v) is 2.97. The second kappa shape index (κ2) is 6.93. The Morgan fingerprint density at radius 1 is 1.35 bits per heavy atom. The van der Waals surface area contributed by atoms with Gasteiger partial charge in [0.05, 0.1) is 17.7 Å². The van der Waals surface area contributed by atoms with Crippen molar-refractivity contribution in [2.24, 2.45) is 0 Å². The zero-order valence-corrected chi connectivity index (χ0v) is 12.8. The summed E-state index contributed by atoms with van der Waals surface area (Å²) in [5.41, 5.74) is 2.66. The van der Waals surface area contributed by atoms with E-state index in [1.165, 1.54) is 0 Å². The Balaban J connectivity index is 1.64. The van der Waals surface area contributed by atoms with Gasteiger partial charge in [-0.15, -0.1) is 0 Å². The highest BCUT2D eigenvalue weighted by molar-refractivity contribution is 5.75. The van der Waals surface area contributed by atoms with Crippen LogP contribution in [0.25, 0.3) is 0 Å². The van der Waals surface area contributed by atoms with Crippen LogP contribution < -0.4 is 5.32 Å². The summed E-state index contributed by atoms with van der Waals surface area (Å²) >= 11 is 0. The van der Waals surface area contributed by atoms with Crippen LogP contribution in [-0.2, 0) is 6.54 Å². The fourth-order valence-electron chi connectivity index (χ4n) is 2.97. The van der Waals surface area contributed by atoms with E-state index in [0.717, 1.165) is 30.5 Å². The number of pyridine rings is 1. The van der Waals surface area contributed by atoms with E-state index in [1.807, 2.05) is 29.2 Å². The number of carbonyl (C=O) groups is 1. The van der Waals surface area contributed by atoms with Crippen LogP contribution in [0, 0.1) is 11.3 Å². The van der Waals surface area contributed by atoms with E-state index < -0.39 is 0 Å². The lowest BCUT2D eigenvalue weighted by Crippen LogP contribution is -2.39. The molecule has 0 aliphatic carbocycles. The molecule has 23 heavy (non-hydrogen) atoms. The number of benzene rings is 1. The fraction of sp³-hybridized carbons (Fsp3) is 0.278. The summed E-state index contributed by atoms with van der Waals surface area (Å²) < 4.78 is 0. The molecule has 116 valence electrons. The molecule has 0 saturated carbocycles. The highest BCUT2D eigenvalue weighted by Crippen LogP contribution is 2.31. The molecule has 2 heterocycles. The summed E-state index contributed by atoms with van der Waals surface area (Å²) in [4.78, 5) is 18.4. The lowest BCUT2D eigenvalue weighted by atomic mass is 10.1. The third kappa shape index (κ3) is 3.49. The van der Waals surface area contributed by atoms with Gasteiger partial charge in [0, 0.05) is 25.5 Å². The Morgan fingerprint density at radius 2 is 2.17 bits per heavy atom. The Bertz CT molecular complexity index is 723. The minimum absolute atomic E-state index is 0.0633. The molecule has 1 fully saturated rings. The van der Waals surface area contributed by atoms with Gasteiger partial charge in [0.15, 0.2) is 0 Å². The molecule has 2 aromatic rings. The van der Waals surface area contributed by atoms with E-state index in [4.69, 9.17) is 5.26 Å². The van der Waals surface area contributed by atoms with E-state index in [-0.39, 0.29) is 12.1 Å². The molecule has 3 rings (SSSR count). The molecule has 1 aromatic heterocycles. The summed E-state index contributed by atoms with van der Waals surface area (Å²) in [5.74, 6) is 0. The van der Waals surface area contributed by atoms with Crippen LogP contribution in [0.2, 0.25) is 0 Å². The van der Waals surface area contributed by atoms with Crippen LogP contribution >= 0.6 is 0 Å². The summed E-state index contributed by atoms with van der Waals surface area (Å²) in [6.07, 6.45) is 5.50. The van der Waals surface area contributed by atoms with Gasteiger partial charge in [-0.25, -0.2) is 4.79 Å². The van der Waals surface area contributed by atoms with Crippen LogP contribution in [-0.4, -0.2) is 22.5 Å². The van der Waals surface area contributed by atoms with Crippen LogP contribution in [0.4, 0.5) is 4.79 Å². The maximum Gasteiger partial charge on any atom is 0.318 e. The monoisotopic (exact) mass is 306 g/mol. The number of aromatic nitrogens is 1. The first-order valence-electron chi connectivity index (χ1n) is 7.71. The Kier molecular flexibility index (Phi) is 4.53. The van der Waals surface area contributed by atoms with Gasteiger partial charge in [-0.2, -0.15) is 5.26 Å². The predicted molar refractivity (Wildman–Crippen MR) is 86.3 cm³/mol. The minimum Gasteiger partial charge on any atom is -0.334 e. The SMILES string of the molecule is N#Cc1cccc(CNC(=O)N2CCCC2c2ccncc2)c1. The number of urea groups is 1. The van der Waals surface area contributed by atoms with Crippen molar-refractivity contribution in [2.75, 3.05) is 6.54 Å². The third-order valence-corrected chi connectivity index (χ3v) is 4.10. The second-order valence-corrected chi connectivity index (χ2v) is 5.60. The average Bonchev–Trinajstić information content (AvgIpc) is 3.10. The molecular formula is C18H18N4O. The van der Waals surface area contributed by atoms with Gasteiger partial charge < -0.3 is 10.2 Å². The number of nitriles is 1. The summed E-state index contributed by atoms with van der Waals surface area (Å²) in [6.45, 7) is 1.19. The molecule has 1 saturated heterocycles. The first-order valence-corrected chi connectivity index (χ1v) is 7.71. The van der Waals surface area contributed by atoms with Crippen molar-refractivity contribution in [2.45, 2.75) is 25.4 Å². The van der Waals surface area contributed by atoms with Crippen molar-refractivity contribution in [3.63, 3.8) is 0 Å². The van der Waals surface area contributed by atoms with E-state index in [2.05, 4.69) is 16.4 Å². The number of likely N-dealkylation sites (tertiary alicyclic amines) is 1. The number of nitrogens with zero attached hydrogens (tertiary/aromatic N) is 3. The quantitative estimate of drug-likeness (QED) is 0.947. The lowest BCUT2D eigenvalue weighted by Gasteiger charge is -2.25. The highest BCUT2D eigenvalue weighted by Gasteiger charge is 2.29. The van der Waals surface area contributed by atoms with Gasteiger partial charge in [-0.1, -0.05) is 12.1 Å². The molecule has 5 heteroatoms. The van der Waals surface area contributed by atoms with Crippen LogP contribution in [0.1, 0.15) is 35.6 Å². The van der Waals surface area contributed by atoms with Gasteiger partial charge in [-0.3, -0.25) is 4.98 Å². The van der Waals surface area contributed by atoms with E-state index >= 15 is 0 Å². The van der Waals surface area contributed by atoms with Gasteiger partial charge in [-0.05, 0) is 48.2 Å². The number of amides is 2. The lowest BCUT2D eigenvalue weighted by molar-refractivity contribution is 0.192. The van der Waals surface area contributed by atoms with Crippen molar-refractivity contribution in [3.8, 4) is 6.07 Å². The minimum atomic E-state index is -0.0633. The molecule has 2 amide bonds. The molecule has 1 unspecified atom stereocenters. The zero-order valence-electron chi connectivity index (χ0n) is 12.8. The Labute approximate surface area is 135 Å². The first-order chi connectivity index (χ1) is 11.3. The van der Waals surface area contributed by atoms with E-state index in [1.54, 1.807) is 24.5 Å². The Hall–Kier alpha value is -2.87. The summed E-state index contributed by atoms with van der Waals surface area (Å²) in [6, 6.07) is 13.4. The third-order valence-electron chi connectivity index (χ3n) is 4.10. The number of nitrogens with one attached hydrogen (secondary N) is 1. The summed E-state index contributed by atoms with van der Waals surface area (Å²) in [7, 11) is 0. The second-order valence-electron chi connectivity index (χ2n) is 5.60. The molecule has 1 atom stereocenters.